The van der Waals surface area contributed by atoms with Gasteiger partial charge in [0.1, 0.15) is 0 Å². The van der Waals surface area contributed by atoms with Crippen LogP contribution in [0.15, 0.2) is 4.52 Å². The fraction of sp³-hybridized carbons (Fsp3) is 0.769. The van der Waals surface area contributed by atoms with Crippen molar-refractivity contribution in [1.29, 1.82) is 5.26 Å². The summed E-state index contributed by atoms with van der Waals surface area (Å²) in [6, 6.07) is 2.22. The molecule has 0 bridgehead atoms. The Morgan fingerprint density at radius 3 is 2.89 bits per heavy atom. The third-order valence-corrected chi connectivity index (χ3v) is 3.20. The van der Waals surface area contributed by atoms with Crippen LogP contribution in [-0.4, -0.2) is 23.9 Å². The Labute approximate surface area is 108 Å². The summed E-state index contributed by atoms with van der Waals surface area (Å²) in [6.45, 7) is 4.85. The molecular formula is C13H21N3O2. The van der Waals surface area contributed by atoms with E-state index in [9.17, 15) is 0 Å². The van der Waals surface area contributed by atoms with Crippen molar-refractivity contribution in [2.24, 2.45) is 5.41 Å². The van der Waals surface area contributed by atoms with Gasteiger partial charge in [0, 0.05) is 33.0 Å². The molecule has 0 saturated heterocycles. The van der Waals surface area contributed by atoms with Gasteiger partial charge in [-0.1, -0.05) is 19.0 Å². The van der Waals surface area contributed by atoms with Gasteiger partial charge in [0.15, 0.2) is 5.82 Å². The van der Waals surface area contributed by atoms with E-state index >= 15 is 0 Å². The molecule has 18 heavy (non-hydrogen) atoms. The number of ether oxygens (including phenoxy) is 1. The van der Waals surface area contributed by atoms with Gasteiger partial charge in [0.25, 0.3) is 0 Å². The van der Waals surface area contributed by atoms with Gasteiger partial charge in [0.2, 0.25) is 5.89 Å². The summed E-state index contributed by atoms with van der Waals surface area (Å²) in [7, 11) is 1.68. The Hall–Kier alpha value is -1.41. The molecule has 1 heterocycles. The van der Waals surface area contributed by atoms with E-state index in [-0.39, 0.29) is 5.41 Å². The molecule has 0 aliphatic carbocycles. The van der Waals surface area contributed by atoms with Crippen molar-refractivity contribution in [3.63, 3.8) is 0 Å². The van der Waals surface area contributed by atoms with Crippen LogP contribution in [0.3, 0.4) is 0 Å². The summed E-state index contributed by atoms with van der Waals surface area (Å²) in [5.41, 5.74) is -0.0783. The zero-order valence-corrected chi connectivity index (χ0v) is 11.4. The summed E-state index contributed by atoms with van der Waals surface area (Å²) in [5, 5.41) is 12.8. The lowest BCUT2D eigenvalue weighted by molar-refractivity contribution is 0.194. The number of nitriles is 1. The van der Waals surface area contributed by atoms with Crippen molar-refractivity contribution in [2.75, 3.05) is 13.7 Å². The summed E-state index contributed by atoms with van der Waals surface area (Å²) >= 11 is 0. The number of rotatable bonds is 8. The van der Waals surface area contributed by atoms with E-state index in [1.807, 2.05) is 0 Å². The molecule has 1 unspecified atom stereocenters. The molecular weight excluding hydrogens is 230 g/mol. The maximum absolute atomic E-state index is 8.83. The first-order valence-electron chi connectivity index (χ1n) is 6.31. The molecule has 0 radical (unpaired) electrons. The smallest absolute Gasteiger partial charge is 0.227 e. The first-order chi connectivity index (χ1) is 8.63. The number of methoxy groups -OCH3 is 1. The molecule has 0 aliphatic rings. The average molecular weight is 251 g/mol. The van der Waals surface area contributed by atoms with Crippen molar-refractivity contribution < 1.29 is 9.26 Å². The van der Waals surface area contributed by atoms with Crippen LogP contribution in [0, 0.1) is 16.7 Å². The molecule has 1 aromatic heterocycles. The largest absolute Gasteiger partial charge is 0.385 e. The molecule has 1 aromatic rings. The molecule has 1 rings (SSSR count). The van der Waals surface area contributed by atoms with Crippen molar-refractivity contribution in [2.45, 2.75) is 46.0 Å². The minimum Gasteiger partial charge on any atom is -0.385 e. The number of hydrogen-bond donors (Lipinski definition) is 0. The SMILES string of the molecule is CCC(C)(CC#N)Cc1nc(CCCOC)no1. The van der Waals surface area contributed by atoms with Crippen LogP contribution >= 0.6 is 0 Å². The number of aryl methyl sites for hydroxylation is 1. The zero-order chi connectivity index (χ0) is 13.4. The molecule has 0 aliphatic heterocycles. The van der Waals surface area contributed by atoms with Gasteiger partial charge in [-0.25, -0.2) is 0 Å². The van der Waals surface area contributed by atoms with Crippen LogP contribution in [0.2, 0.25) is 0 Å². The summed E-state index contributed by atoms with van der Waals surface area (Å²) in [4.78, 5) is 4.35. The normalized spacial score (nSPS) is 14.1. The first kappa shape index (κ1) is 14.7. The van der Waals surface area contributed by atoms with Gasteiger partial charge in [-0.05, 0) is 18.3 Å². The van der Waals surface area contributed by atoms with E-state index in [4.69, 9.17) is 14.5 Å². The lowest BCUT2D eigenvalue weighted by Crippen LogP contribution is -2.18. The summed E-state index contributed by atoms with van der Waals surface area (Å²) in [5.74, 6) is 1.35. The minimum atomic E-state index is -0.0783. The molecule has 0 amide bonds. The lowest BCUT2D eigenvalue weighted by atomic mass is 9.81. The first-order valence-corrected chi connectivity index (χ1v) is 6.31. The van der Waals surface area contributed by atoms with Crippen LogP contribution in [0.1, 0.15) is 44.8 Å². The molecule has 0 spiro atoms. The fourth-order valence-corrected chi connectivity index (χ4v) is 1.71. The van der Waals surface area contributed by atoms with E-state index in [1.54, 1.807) is 7.11 Å². The highest BCUT2D eigenvalue weighted by Crippen LogP contribution is 2.29. The Kier molecular flexibility index (Phi) is 5.79. The fourth-order valence-electron chi connectivity index (χ4n) is 1.71. The average Bonchev–Trinajstić information content (AvgIpc) is 2.77. The molecule has 100 valence electrons. The van der Waals surface area contributed by atoms with Gasteiger partial charge in [-0.15, -0.1) is 0 Å². The van der Waals surface area contributed by atoms with Crippen LogP contribution in [-0.2, 0) is 17.6 Å². The number of aromatic nitrogens is 2. The number of hydrogen-bond acceptors (Lipinski definition) is 5. The van der Waals surface area contributed by atoms with Gasteiger partial charge in [-0.3, -0.25) is 0 Å². The quantitative estimate of drug-likeness (QED) is 0.664. The molecule has 5 heteroatoms. The van der Waals surface area contributed by atoms with Crippen molar-refractivity contribution in [3.05, 3.63) is 11.7 Å². The van der Waals surface area contributed by atoms with Gasteiger partial charge < -0.3 is 9.26 Å². The predicted octanol–water partition coefficient (Wildman–Crippen LogP) is 2.52. The van der Waals surface area contributed by atoms with E-state index < -0.39 is 0 Å². The number of nitrogens with zero attached hydrogens (tertiary/aromatic N) is 3. The maximum Gasteiger partial charge on any atom is 0.227 e. The van der Waals surface area contributed by atoms with E-state index in [0.29, 0.717) is 25.3 Å². The van der Waals surface area contributed by atoms with Crippen molar-refractivity contribution in [1.82, 2.24) is 10.1 Å². The third-order valence-electron chi connectivity index (χ3n) is 3.20. The molecule has 1 atom stereocenters. The second-order valence-corrected chi connectivity index (χ2v) is 4.88. The monoisotopic (exact) mass is 251 g/mol. The standard InChI is InChI=1S/C13H21N3O2/c1-4-13(2,7-8-14)10-12-15-11(16-18-12)6-5-9-17-3/h4-7,9-10H2,1-3H3. The molecule has 5 nitrogen and oxygen atoms in total. The van der Waals surface area contributed by atoms with Gasteiger partial charge >= 0.3 is 0 Å². The molecule has 0 saturated carbocycles. The van der Waals surface area contributed by atoms with Crippen LogP contribution < -0.4 is 0 Å². The van der Waals surface area contributed by atoms with E-state index in [1.165, 1.54) is 0 Å². The highest BCUT2D eigenvalue weighted by molar-refractivity contribution is 4.94. The maximum atomic E-state index is 8.83. The second-order valence-electron chi connectivity index (χ2n) is 4.88. The van der Waals surface area contributed by atoms with Crippen molar-refractivity contribution >= 4 is 0 Å². The molecule has 0 aromatic carbocycles. The summed E-state index contributed by atoms with van der Waals surface area (Å²) in [6.07, 6.45) is 3.73. The zero-order valence-electron chi connectivity index (χ0n) is 11.4. The van der Waals surface area contributed by atoms with E-state index in [2.05, 4.69) is 30.1 Å². The highest BCUT2D eigenvalue weighted by atomic mass is 16.5. The Bertz CT molecular complexity index is 397. The van der Waals surface area contributed by atoms with Crippen LogP contribution in [0.5, 0.6) is 0 Å². The van der Waals surface area contributed by atoms with E-state index in [0.717, 1.165) is 25.1 Å². The van der Waals surface area contributed by atoms with Crippen LogP contribution in [0.25, 0.3) is 0 Å². The topological polar surface area (TPSA) is 71.9 Å². The molecule has 0 fully saturated rings. The lowest BCUT2D eigenvalue weighted by Gasteiger charge is -2.22. The highest BCUT2D eigenvalue weighted by Gasteiger charge is 2.25. The third kappa shape index (κ3) is 4.46. The predicted molar refractivity (Wildman–Crippen MR) is 66.8 cm³/mol. The minimum absolute atomic E-state index is 0.0783. The summed E-state index contributed by atoms with van der Waals surface area (Å²) < 4.78 is 10.2. The van der Waals surface area contributed by atoms with Gasteiger partial charge in [-0.2, -0.15) is 10.2 Å². The Morgan fingerprint density at radius 2 is 2.28 bits per heavy atom. The van der Waals surface area contributed by atoms with Crippen molar-refractivity contribution in [3.8, 4) is 6.07 Å². The Balaban J connectivity index is 2.55. The van der Waals surface area contributed by atoms with Gasteiger partial charge in [0.05, 0.1) is 6.07 Å². The Morgan fingerprint density at radius 1 is 1.50 bits per heavy atom. The molecule has 0 N–H and O–H groups in total. The second kappa shape index (κ2) is 7.12. The van der Waals surface area contributed by atoms with Crippen LogP contribution in [0.4, 0.5) is 0 Å².